The van der Waals surface area contributed by atoms with E-state index in [-0.39, 0.29) is 5.82 Å². The van der Waals surface area contributed by atoms with Gasteiger partial charge in [0, 0.05) is 10.9 Å². The van der Waals surface area contributed by atoms with Gasteiger partial charge in [-0.25, -0.2) is 4.39 Å². The van der Waals surface area contributed by atoms with E-state index < -0.39 is 0 Å². The molecule has 1 heteroatoms. The van der Waals surface area contributed by atoms with Crippen LogP contribution >= 0.6 is 0 Å². The summed E-state index contributed by atoms with van der Waals surface area (Å²) >= 11 is 0. The molecule has 0 aliphatic rings. The van der Waals surface area contributed by atoms with Crippen molar-refractivity contribution in [1.82, 2.24) is 0 Å². The molecule has 0 nitrogen and oxygen atoms in total. The van der Waals surface area contributed by atoms with Gasteiger partial charge in [-0.1, -0.05) is 91.9 Å². The Kier molecular flexibility index (Phi) is 7.38. The number of rotatable bonds is 6. The highest BCUT2D eigenvalue weighted by Gasteiger charge is 2.08. The van der Waals surface area contributed by atoms with Crippen LogP contribution in [0.15, 0.2) is 91.0 Å². The van der Waals surface area contributed by atoms with E-state index in [9.17, 15) is 0 Å². The van der Waals surface area contributed by atoms with Gasteiger partial charge in [-0.3, -0.25) is 0 Å². The van der Waals surface area contributed by atoms with Crippen LogP contribution in [0, 0.1) is 17.7 Å². The van der Waals surface area contributed by atoms with Crippen molar-refractivity contribution in [3.63, 3.8) is 0 Å². The van der Waals surface area contributed by atoms with Gasteiger partial charge in [-0.05, 0) is 78.1 Å². The van der Waals surface area contributed by atoms with Crippen LogP contribution in [0.5, 0.6) is 0 Å². The van der Waals surface area contributed by atoms with Crippen LogP contribution in [0.3, 0.4) is 0 Å². The zero-order chi connectivity index (χ0) is 23.0. The van der Waals surface area contributed by atoms with E-state index in [1.165, 1.54) is 11.1 Å². The molecule has 0 aromatic heterocycles. The Morgan fingerprint density at radius 1 is 0.758 bits per heavy atom. The van der Waals surface area contributed by atoms with Gasteiger partial charge < -0.3 is 0 Å². The molecule has 0 bridgehead atoms. The molecule has 0 aliphatic carbocycles. The van der Waals surface area contributed by atoms with E-state index in [0.717, 1.165) is 47.8 Å². The molecule has 0 unspecified atom stereocenters. The summed E-state index contributed by atoms with van der Waals surface area (Å²) in [7, 11) is 0. The van der Waals surface area contributed by atoms with Crippen molar-refractivity contribution in [2.24, 2.45) is 0 Å². The second-order valence-electron chi connectivity index (χ2n) is 8.36. The van der Waals surface area contributed by atoms with Crippen molar-refractivity contribution in [3.05, 3.63) is 119 Å². The summed E-state index contributed by atoms with van der Waals surface area (Å²) < 4.78 is 15.2. The summed E-state index contributed by atoms with van der Waals surface area (Å²) in [4.78, 5) is 0. The molecule has 0 aliphatic heterocycles. The molecule has 0 spiro atoms. The third kappa shape index (κ3) is 5.60. The number of benzene rings is 4. The van der Waals surface area contributed by atoms with Crippen molar-refractivity contribution < 1.29 is 4.39 Å². The number of fused-ring (bicyclic) bond motifs is 1. The van der Waals surface area contributed by atoms with Gasteiger partial charge in [0.05, 0.1) is 5.56 Å². The van der Waals surface area contributed by atoms with E-state index in [1.807, 2.05) is 37.3 Å². The predicted molar refractivity (Wildman–Crippen MR) is 139 cm³/mol. The second-order valence-corrected chi connectivity index (χ2v) is 8.36. The molecule has 0 saturated heterocycles. The smallest absolute Gasteiger partial charge is 0.146 e. The lowest BCUT2D eigenvalue weighted by molar-refractivity contribution is 0.636. The molecular weight excluding hydrogens is 403 g/mol. The lowest BCUT2D eigenvalue weighted by Crippen LogP contribution is -1.89. The van der Waals surface area contributed by atoms with Crippen LogP contribution in [0.25, 0.3) is 21.9 Å². The predicted octanol–water partition coefficient (Wildman–Crippen LogP) is 8.51. The highest BCUT2D eigenvalue weighted by Crippen LogP contribution is 2.28. The van der Waals surface area contributed by atoms with Gasteiger partial charge in [0.15, 0.2) is 0 Å². The van der Waals surface area contributed by atoms with Crippen LogP contribution in [-0.2, 0) is 12.8 Å². The van der Waals surface area contributed by atoms with E-state index in [2.05, 4.69) is 73.4 Å². The molecule has 4 rings (SSSR count). The van der Waals surface area contributed by atoms with E-state index in [1.54, 1.807) is 6.07 Å². The Morgan fingerprint density at radius 3 is 2.18 bits per heavy atom. The van der Waals surface area contributed by atoms with Crippen molar-refractivity contribution in [2.45, 2.75) is 39.5 Å². The van der Waals surface area contributed by atoms with Crippen LogP contribution in [0.4, 0.5) is 4.39 Å². The third-order valence-electron chi connectivity index (χ3n) is 5.91. The number of hydrogen-bond donors (Lipinski definition) is 0. The van der Waals surface area contributed by atoms with Crippen LogP contribution in [0.1, 0.15) is 48.9 Å². The summed E-state index contributed by atoms with van der Waals surface area (Å²) in [5.74, 6) is 5.86. The van der Waals surface area contributed by atoms with Crippen molar-refractivity contribution in [3.8, 4) is 23.0 Å². The molecular formula is C32H29F. The minimum atomic E-state index is -0.256. The summed E-state index contributed by atoms with van der Waals surface area (Å²) in [6.45, 7) is 4.22. The maximum absolute atomic E-state index is 15.2. The quantitative estimate of drug-likeness (QED) is 0.212. The van der Waals surface area contributed by atoms with Gasteiger partial charge in [-0.2, -0.15) is 0 Å². The van der Waals surface area contributed by atoms with E-state index >= 15 is 4.39 Å². The average molecular weight is 433 g/mol. The molecule has 0 heterocycles. The third-order valence-corrected chi connectivity index (χ3v) is 5.91. The Bertz CT molecular complexity index is 1310. The first-order valence-electron chi connectivity index (χ1n) is 11.7. The van der Waals surface area contributed by atoms with Gasteiger partial charge in [0.25, 0.3) is 0 Å². The first-order valence-corrected chi connectivity index (χ1v) is 11.7. The lowest BCUT2D eigenvalue weighted by atomic mass is 9.98. The van der Waals surface area contributed by atoms with Gasteiger partial charge in [0.2, 0.25) is 0 Å². The molecule has 0 amide bonds. The standard InChI is InChI=1S/C32H29F/c1-3-5-6-8-25-13-16-27(17-14-25)29-21-22-31-30(23-29)20-19-28(32(31)33)18-15-26-11-9-24(7-4-2)10-12-26/h3,5,9-14,16-17,19-23H,4,6-8H2,1-2H3/b5-3+. The summed E-state index contributed by atoms with van der Waals surface area (Å²) in [6, 6.07) is 26.5. The maximum Gasteiger partial charge on any atom is 0.146 e. The zero-order valence-electron chi connectivity index (χ0n) is 19.4. The fraction of sp³-hybridized carbons (Fsp3) is 0.188. The molecule has 4 aromatic rings. The molecule has 0 fully saturated rings. The average Bonchev–Trinajstić information content (AvgIpc) is 2.85. The SMILES string of the molecule is C/C=C/CCc1ccc(-c2ccc3c(F)c(C#Cc4ccc(CCC)cc4)ccc3c2)cc1. The highest BCUT2D eigenvalue weighted by atomic mass is 19.1. The Hall–Kier alpha value is -3.63. The van der Waals surface area contributed by atoms with Crippen molar-refractivity contribution in [1.29, 1.82) is 0 Å². The van der Waals surface area contributed by atoms with Gasteiger partial charge in [0.1, 0.15) is 5.82 Å². The van der Waals surface area contributed by atoms with Crippen molar-refractivity contribution in [2.75, 3.05) is 0 Å². The Balaban J connectivity index is 1.55. The Morgan fingerprint density at radius 2 is 1.45 bits per heavy atom. The lowest BCUT2D eigenvalue weighted by Gasteiger charge is -2.07. The molecule has 4 aromatic carbocycles. The summed E-state index contributed by atoms with van der Waals surface area (Å²) in [5, 5.41) is 1.49. The van der Waals surface area contributed by atoms with E-state index in [4.69, 9.17) is 0 Å². The fourth-order valence-corrected chi connectivity index (χ4v) is 4.03. The minimum Gasteiger partial charge on any atom is -0.205 e. The first kappa shape index (κ1) is 22.6. The summed E-state index contributed by atoms with van der Waals surface area (Å²) in [5.41, 5.74) is 6.19. The molecule has 33 heavy (non-hydrogen) atoms. The summed E-state index contributed by atoms with van der Waals surface area (Å²) in [6.07, 6.45) is 8.56. The maximum atomic E-state index is 15.2. The number of hydrogen-bond acceptors (Lipinski definition) is 0. The normalized spacial score (nSPS) is 11.0. The minimum absolute atomic E-state index is 0.256. The van der Waals surface area contributed by atoms with Gasteiger partial charge >= 0.3 is 0 Å². The molecule has 0 N–H and O–H groups in total. The molecule has 0 saturated carbocycles. The second kappa shape index (κ2) is 10.8. The van der Waals surface area contributed by atoms with Crippen molar-refractivity contribution >= 4 is 10.8 Å². The van der Waals surface area contributed by atoms with E-state index in [0.29, 0.717) is 10.9 Å². The largest absolute Gasteiger partial charge is 0.205 e. The van der Waals surface area contributed by atoms with Gasteiger partial charge in [-0.15, -0.1) is 0 Å². The Labute approximate surface area is 196 Å². The molecule has 0 atom stereocenters. The van der Waals surface area contributed by atoms with Crippen LogP contribution in [0.2, 0.25) is 0 Å². The first-order chi connectivity index (χ1) is 16.2. The number of allylic oxidation sites excluding steroid dienone is 2. The number of halogens is 1. The fourth-order valence-electron chi connectivity index (χ4n) is 4.03. The molecule has 0 radical (unpaired) electrons. The zero-order valence-corrected chi connectivity index (χ0v) is 19.4. The number of aryl methyl sites for hydroxylation is 2. The van der Waals surface area contributed by atoms with Crippen LogP contribution in [-0.4, -0.2) is 0 Å². The highest BCUT2D eigenvalue weighted by molar-refractivity contribution is 5.89. The topological polar surface area (TPSA) is 0 Å². The van der Waals surface area contributed by atoms with Crippen LogP contribution < -0.4 is 0 Å². The monoisotopic (exact) mass is 432 g/mol. The molecule has 164 valence electrons.